The maximum absolute atomic E-state index is 6.63. The summed E-state index contributed by atoms with van der Waals surface area (Å²) in [5.41, 5.74) is 16.5. The summed E-state index contributed by atoms with van der Waals surface area (Å²) < 4.78 is 13.2. The third-order valence-corrected chi connectivity index (χ3v) is 11.5. The largest absolute Gasteiger partial charge is 0.456 e. The Morgan fingerprint density at radius 3 is 1.78 bits per heavy atom. The van der Waals surface area contributed by atoms with E-state index < -0.39 is 0 Å². The molecule has 0 atom stereocenters. The molecule has 0 amide bonds. The van der Waals surface area contributed by atoms with Gasteiger partial charge in [-0.05, 0) is 93.5 Å². The molecule has 0 unspecified atom stereocenters. The number of furan rings is 2. The highest BCUT2D eigenvalue weighted by Gasteiger charge is 2.36. The summed E-state index contributed by atoms with van der Waals surface area (Å²) in [6.07, 6.45) is 0. The van der Waals surface area contributed by atoms with E-state index in [0.29, 0.717) is 0 Å². The number of nitrogens with zero attached hydrogens (tertiary/aromatic N) is 1. The average Bonchev–Trinajstić information content (AvgIpc) is 3.84. The van der Waals surface area contributed by atoms with Crippen molar-refractivity contribution in [2.24, 2.45) is 0 Å². The number of hydrogen-bond donors (Lipinski definition) is 0. The quantitative estimate of drug-likeness (QED) is 0.180. The Kier molecular flexibility index (Phi) is 6.60. The molecule has 0 aliphatic heterocycles. The monoisotopic (exact) mass is 693 g/mol. The third-order valence-electron chi connectivity index (χ3n) is 11.5. The van der Waals surface area contributed by atoms with Gasteiger partial charge < -0.3 is 13.7 Å². The first-order chi connectivity index (χ1) is 26.5. The molecule has 3 nitrogen and oxygen atoms in total. The first kappa shape index (κ1) is 30.8. The second kappa shape index (κ2) is 11.6. The number of fused-ring (bicyclic) bond motifs is 9. The van der Waals surface area contributed by atoms with Crippen molar-refractivity contribution in [3.05, 3.63) is 187 Å². The molecule has 0 spiro atoms. The SMILES string of the molecule is CC1(C)c2ccccc2-c2ccc(N(c3ccc4oc5cc6c(cc5c4c3)oc3cccc(-c4ccccc4)c36)c3ccccc3-c3ccccc3)cc21. The van der Waals surface area contributed by atoms with E-state index in [-0.39, 0.29) is 5.41 Å². The van der Waals surface area contributed by atoms with E-state index in [4.69, 9.17) is 8.83 Å². The highest BCUT2D eigenvalue weighted by atomic mass is 16.3. The van der Waals surface area contributed by atoms with E-state index in [1.807, 2.05) is 0 Å². The number of hydrogen-bond acceptors (Lipinski definition) is 3. The van der Waals surface area contributed by atoms with Gasteiger partial charge >= 0.3 is 0 Å². The van der Waals surface area contributed by atoms with Gasteiger partial charge in [-0.3, -0.25) is 0 Å². The van der Waals surface area contributed by atoms with Crippen molar-refractivity contribution < 1.29 is 8.83 Å². The molecule has 0 bridgehead atoms. The molecule has 1 aliphatic rings. The smallest absolute Gasteiger partial charge is 0.136 e. The van der Waals surface area contributed by atoms with Crippen LogP contribution < -0.4 is 4.90 Å². The fraction of sp³-hybridized carbons (Fsp3) is 0.0588. The van der Waals surface area contributed by atoms with Crippen LogP contribution >= 0.6 is 0 Å². The molecule has 0 saturated heterocycles. The number of rotatable bonds is 5. The molecule has 10 aromatic rings. The number of anilines is 3. The Balaban J connectivity index is 1.13. The van der Waals surface area contributed by atoms with E-state index in [1.54, 1.807) is 0 Å². The van der Waals surface area contributed by atoms with Gasteiger partial charge in [0.1, 0.15) is 22.3 Å². The van der Waals surface area contributed by atoms with Gasteiger partial charge in [-0.25, -0.2) is 0 Å². The molecule has 0 N–H and O–H groups in total. The summed E-state index contributed by atoms with van der Waals surface area (Å²) in [5, 5.41) is 4.23. The van der Waals surface area contributed by atoms with Crippen molar-refractivity contribution in [2.75, 3.05) is 4.90 Å². The van der Waals surface area contributed by atoms with Crippen LogP contribution in [0.1, 0.15) is 25.0 Å². The van der Waals surface area contributed by atoms with Gasteiger partial charge in [0.05, 0.1) is 5.69 Å². The van der Waals surface area contributed by atoms with Gasteiger partial charge in [-0.15, -0.1) is 0 Å². The van der Waals surface area contributed by atoms with E-state index in [2.05, 4.69) is 195 Å². The number of benzene rings is 8. The van der Waals surface area contributed by atoms with E-state index >= 15 is 0 Å². The maximum atomic E-state index is 6.63. The molecule has 54 heavy (non-hydrogen) atoms. The predicted octanol–water partition coefficient (Wildman–Crippen LogP) is 14.6. The van der Waals surface area contributed by atoms with Crippen molar-refractivity contribution in [3.63, 3.8) is 0 Å². The van der Waals surface area contributed by atoms with Crippen LogP contribution in [-0.4, -0.2) is 0 Å². The first-order valence-corrected chi connectivity index (χ1v) is 18.6. The molecule has 3 heteroatoms. The minimum atomic E-state index is -0.129. The zero-order valence-corrected chi connectivity index (χ0v) is 30.0. The van der Waals surface area contributed by atoms with Crippen molar-refractivity contribution in [1.29, 1.82) is 0 Å². The topological polar surface area (TPSA) is 29.5 Å². The van der Waals surface area contributed by atoms with E-state index in [9.17, 15) is 0 Å². The van der Waals surface area contributed by atoms with Crippen molar-refractivity contribution in [2.45, 2.75) is 19.3 Å². The van der Waals surface area contributed by atoms with Crippen LogP contribution in [0.15, 0.2) is 185 Å². The molecule has 2 aromatic heterocycles. The van der Waals surface area contributed by atoms with Gasteiger partial charge in [0.25, 0.3) is 0 Å². The van der Waals surface area contributed by atoms with Crippen molar-refractivity contribution in [1.82, 2.24) is 0 Å². The first-order valence-electron chi connectivity index (χ1n) is 18.6. The van der Waals surface area contributed by atoms with Crippen LogP contribution in [0.5, 0.6) is 0 Å². The van der Waals surface area contributed by atoms with Crippen LogP contribution in [0.4, 0.5) is 17.1 Å². The van der Waals surface area contributed by atoms with E-state index in [0.717, 1.165) is 77.6 Å². The molecule has 11 rings (SSSR count). The molecular weight excluding hydrogens is 659 g/mol. The Bertz CT molecular complexity index is 3080. The van der Waals surface area contributed by atoms with Gasteiger partial charge in [0.2, 0.25) is 0 Å². The maximum Gasteiger partial charge on any atom is 0.136 e. The Hall–Kier alpha value is -6.84. The molecule has 0 saturated carbocycles. The lowest BCUT2D eigenvalue weighted by Crippen LogP contribution is -2.16. The molecule has 1 aliphatic carbocycles. The summed E-state index contributed by atoms with van der Waals surface area (Å²) in [6.45, 7) is 4.68. The number of para-hydroxylation sites is 1. The van der Waals surface area contributed by atoms with Crippen LogP contribution in [0, 0.1) is 0 Å². The lowest BCUT2D eigenvalue weighted by Gasteiger charge is -2.30. The fourth-order valence-electron chi connectivity index (χ4n) is 8.87. The summed E-state index contributed by atoms with van der Waals surface area (Å²) >= 11 is 0. The molecule has 0 radical (unpaired) electrons. The van der Waals surface area contributed by atoms with Crippen LogP contribution in [-0.2, 0) is 5.41 Å². The van der Waals surface area contributed by atoms with Gasteiger partial charge in [0.15, 0.2) is 0 Å². The molecule has 0 fully saturated rings. The van der Waals surface area contributed by atoms with E-state index in [1.165, 1.54) is 27.8 Å². The Morgan fingerprint density at radius 1 is 0.389 bits per heavy atom. The predicted molar refractivity (Wildman–Crippen MR) is 224 cm³/mol. The summed E-state index contributed by atoms with van der Waals surface area (Å²) in [4.78, 5) is 2.41. The zero-order chi connectivity index (χ0) is 36.0. The Morgan fingerprint density at radius 2 is 0.963 bits per heavy atom. The fourth-order valence-corrected chi connectivity index (χ4v) is 8.87. The summed E-state index contributed by atoms with van der Waals surface area (Å²) in [7, 11) is 0. The molecular formula is C51H35NO2. The summed E-state index contributed by atoms with van der Waals surface area (Å²) in [6, 6.07) is 62.9. The van der Waals surface area contributed by atoms with Gasteiger partial charge in [0, 0.05) is 43.9 Å². The second-order valence-corrected chi connectivity index (χ2v) is 14.9. The van der Waals surface area contributed by atoms with Crippen LogP contribution in [0.3, 0.4) is 0 Å². The Labute approximate surface area is 313 Å². The van der Waals surface area contributed by atoms with Gasteiger partial charge in [-0.1, -0.05) is 135 Å². The molecule has 2 heterocycles. The molecule has 256 valence electrons. The lowest BCUT2D eigenvalue weighted by molar-refractivity contribution is 0.660. The van der Waals surface area contributed by atoms with Crippen LogP contribution in [0.2, 0.25) is 0 Å². The van der Waals surface area contributed by atoms with Gasteiger partial charge in [-0.2, -0.15) is 0 Å². The molecule has 8 aromatic carbocycles. The lowest BCUT2D eigenvalue weighted by atomic mass is 9.82. The highest BCUT2D eigenvalue weighted by molar-refractivity contribution is 6.18. The minimum absolute atomic E-state index is 0.129. The van der Waals surface area contributed by atoms with Crippen LogP contribution in [0.25, 0.3) is 77.3 Å². The zero-order valence-electron chi connectivity index (χ0n) is 30.0. The normalized spacial score (nSPS) is 13.1. The summed E-state index contributed by atoms with van der Waals surface area (Å²) in [5.74, 6) is 0. The standard InChI is InChI=1S/C51H35NO2/c1-51(2)43-21-11-9-19-38(43)39-26-24-35(29-44(39)51)52(45-22-12-10-18-36(45)32-14-5-3-6-15-32)34-25-27-46-40(28-34)41-30-49-42(31-48(41)53-46)50-37(20-13-23-47(50)54-49)33-16-7-4-8-17-33/h3-31H,1-2H3. The highest BCUT2D eigenvalue weighted by Crippen LogP contribution is 2.51. The average molecular weight is 694 g/mol. The third kappa shape index (κ3) is 4.55. The van der Waals surface area contributed by atoms with Crippen molar-refractivity contribution in [3.8, 4) is 33.4 Å². The second-order valence-electron chi connectivity index (χ2n) is 14.9. The van der Waals surface area contributed by atoms with Crippen molar-refractivity contribution >= 4 is 60.9 Å². The minimum Gasteiger partial charge on any atom is -0.456 e.